The summed E-state index contributed by atoms with van der Waals surface area (Å²) in [6, 6.07) is 0. The van der Waals surface area contributed by atoms with Crippen LogP contribution in [-0.4, -0.2) is 6.43 Å². The molecular weight excluding hydrogens is 213 g/mol. The third kappa shape index (κ3) is 4.25. The molecule has 0 aromatic heterocycles. The molecule has 1 aliphatic carbocycles. The molecule has 0 fully saturated rings. The van der Waals surface area contributed by atoms with Crippen LogP contribution in [0.3, 0.4) is 0 Å². The Bertz CT molecular complexity index is 300. The summed E-state index contributed by atoms with van der Waals surface area (Å²) in [6.45, 7) is 7.70. The molecule has 1 aliphatic rings. The zero-order valence-electron chi connectivity index (χ0n) is 10.2. The molecule has 1 atom stereocenters. The molecule has 3 heteroatoms. The molecule has 0 N–H and O–H groups in total. The molecule has 0 amide bonds. The van der Waals surface area contributed by atoms with E-state index < -0.39 is 17.7 Å². The van der Waals surface area contributed by atoms with Crippen molar-refractivity contribution in [3.8, 4) is 0 Å². The largest absolute Gasteiger partial charge is 0.263 e. The van der Waals surface area contributed by atoms with Gasteiger partial charge in [0, 0.05) is 11.0 Å². The highest BCUT2D eigenvalue weighted by atomic mass is 19.3. The van der Waals surface area contributed by atoms with E-state index in [2.05, 4.69) is 0 Å². The first-order valence-electron chi connectivity index (χ1n) is 5.54. The number of alkyl halides is 2. The van der Waals surface area contributed by atoms with Gasteiger partial charge in [0.1, 0.15) is 5.83 Å². The number of halogens is 3. The summed E-state index contributed by atoms with van der Waals surface area (Å²) >= 11 is 0. The van der Waals surface area contributed by atoms with Crippen LogP contribution in [0.1, 0.15) is 34.1 Å². The van der Waals surface area contributed by atoms with Gasteiger partial charge in [-0.2, -0.15) is 0 Å². The number of hydrogen-bond acceptors (Lipinski definition) is 0. The van der Waals surface area contributed by atoms with Crippen molar-refractivity contribution in [2.45, 2.75) is 40.5 Å². The Morgan fingerprint density at radius 2 is 1.88 bits per heavy atom. The van der Waals surface area contributed by atoms with Crippen molar-refractivity contribution in [3.63, 3.8) is 0 Å². The molecule has 0 spiro atoms. The lowest BCUT2D eigenvalue weighted by Gasteiger charge is -2.18. The number of hydrogen-bond donors (Lipinski definition) is 0. The van der Waals surface area contributed by atoms with Crippen LogP contribution in [0.5, 0.6) is 0 Å². The summed E-state index contributed by atoms with van der Waals surface area (Å²) in [5.74, 6) is -0.588. The van der Waals surface area contributed by atoms with Crippen LogP contribution < -0.4 is 0 Å². The summed E-state index contributed by atoms with van der Waals surface area (Å²) < 4.78 is 37.8. The van der Waals surface area contributed by atoms with E-state index in [0.717, 1.165) is 6.08 Å². The quantitative estimate of drug-likeness (QED) is 0.625. The van der Waals surface area contributed by atoms with Gasteiger partial charge in [-0.3, -0.25) is 0 Å². The lowest BCUT2D eigenvalue weighted by Crippen LogP contribution is -2.07. The van der Waals surface area contributed by atoms with E-state index in [4.69, 9.17) is 0 Å². The van der Waals surface area contributed by atoms with Gasteiger partial charge < -0.3 is 0 Å². The zero-order chi connectivity index (χ0) is 12.8. The highest BCUT2D eigenvalue weighted by Crippen LogP contribution is 2.31. The van der Waals surface area contributed by atoms with E-state index in [-0.39, 0.29) is 5.57 Å². The fraction of sp³-hybridized carbons (Fsp3) is 0.538. The third-order valence-electron chi connectivity index (χ3n) is 2.44. The Labute approximate surface area is 95.5 Å². The van der Waals surface area contributed by atoms with Crippen molar-refractivity contribution in [1.82, 2.24) is 0 Å². The molecule has 0 saturated carbocycles. The second-order valence-corrected chi connectivity index (χ2v) is 3.67. The van der Waals surface area contributed by atoms with E-state index in [1.807, 2.05) is 27.7 Å². The summed E-state index contributed by atoms with van der Waals surface area (Å²) in [6.07, 6.45) is 3.25. The van der Waals surface area contributed by atoms with Gasteiger partial charge in [0.05, 0.1) is 0 Å². The SMILES string of the molecule is CC.CCC1(C)C=CC(C(F)F)=CC(F)=C1. The van der Waals surface area contributed by atoms with Gasteiger partial charge in [-0.1, -0.05) is 39.8 Å². The van der Waals surface area contributed by atoms with Crippen LogP contribution in [0.25, 0.3) is 0 Å². The molecule has 1 unspecified atom stereocenters. The van der Waals surface area contributed by atoms with E-state index in [0.29, 0.717) is 6.42 Å². The number of allylic oxidation sites excluding steroid dienone is 6. The minimum atomic E-state index is -2.62. The number of rotatable bonds is 2. The highest BCUT2D eigenvalue weighted by Gasteiger charge is 2.20. The Hall–Kier alpha value is -0.990. The minimum Gasteiger partial charge on any atom is -0.207 e. The monoisotopic (exact) mass is 232 g/mol. The maximum atomic E-state index is 13.1. The van der Waals surface area contributed by atoms with Gasteiger partial charge in [-0.25, -0.2) is 13.2 Å². The van der Waals surface area contributed by atoms with Crippen molar-refractivity contribution in [2.75, 3.05) is 0 Å². The molecule has 0 nitrogen and oxygen atoms in total. The van der Waals surface area contributed by atoms with E-state index in [9.17, 15) is 13.2 Å². The predicted octanol–water partition coefficient (Wildman–Crippen LogP) is 5.04. The van der Waals surface area contributed by atoms with Crippen LogP contribution in [0.2, 0.25) is 0 Å². The van der Waals surface area contributed by atoms with Crippen molar-refractivity contribution >= 4 is 0 Å². The van der Waals surface area contributed by atoms with Gasteiger partial charge in [-0.05, 0) is 18.6 Å². The molecule has 16 heavy (non-hydrogen) atoms. The molecule has 0 bridgehead atoms. The van der Waals surface area contributed by atoms with Crippen molar-refractivity contribution in [3.05, 3.63) is 35.7 Å². The van der Waals surface area contributed by atoms with Crippen molar-refractivity contribution < 1.29 is 13.2 Å². The maximum Gasteiger partial charge on any atom is 0.263 e. The Kier molecular flexibility index (Phi) is 6.16. The van der Waals surface area contributed by atoms with Gasteiger partial charge >= 0.3 is 0 Å². The van der Waals surface area contributed by atoms with Crippen molar-refractivity contribution in [1.29, 1.82) is 0 Å². The van der Waals surface area contributed by atoms with E-state index in [1.54, 1.807) is 6.08 Å². The Balaban J connectivity index is 0.00000106. The zero-order valence-corrected chi connectivity index (χ0v) is 10.2. The topological polar surface area (TPSA) is 0 Å². The molecule has 0 aliphatic heterocycles. The van der Waals surface area contributed by atoms with Gasteiger partial charge in [0.2, 0.25) is 0 Å². The van der Waals surface area contributed by atoms with Crippen molar-refractivity contribution in [2.24, 2.45) is 5.41 Å². The normalized spacial score (nSPS) is 24.2. The average Bonchev–Trinajstić information content (AvgIpc) is 2.41. The van der Waals surface area contributed by atoms with Gasteiger partial charge in [0.15, 0.2) is 0 Å². The third-order valence-corrected chi connectivity index (χ3v) is 2.44. The van der Waals surface area contributed by atoms with Crippen LogP contribution in [0.15, 0.2) is 35.7 Å². The molecule has 92 valence electrons. The summed E-state index contributed by atoms with van der Waals surface area (Å²) in [5, 5.41) is 0. The maximum absolute atomic E-state index is 13.1. The second-order valence-electron chi connectivity index (χ2n) is 3.67. The van der Waals surface area contributed by atoms with Gasteiger partial charge in [-0.15, -0.1) is 0 Å². The molecular formula is C13H19F3. The smallest absolute Gasteiger partial charge is 0.207 e. The standard InChI is InChI=1S/C11H13F3.C2H6/c1-3-11(2)5-4-8(10(13)14)6-9(12)7-11;1-2/h4-7,10H,3H2,1-2H3;1-2H3. The first kappa shape index (κ1) is 15.0. The molecule has 1 rings (SSSR count). The Morgan fingerprint density at radius 3 is 2.31 bits per heavy atom. The fourth-order valence-electron chi connectivity index (χ4n) is 1.25. The van der Waals surface area contributed by atoms with E-state index >= 15 is 0 Å². The molecule has 0 aromatic rings. The molecule has 0 aromatic carbocycles. The molecule has 0 saturated heterocycles. The van der Waals surface area contributed by atoms with Crippen LogP contribution >= 0.6 is 0 Å². The highest BCUT2D eigenvalue weighted by molar-refractivity contribution is 5.35. The fourth-order valence-corrected chi connectivity index (χ4v) is 1.25. The lowest BCUT2D eigenvalue weighted by molar-refractivity contribution is 0.194. The second kappa shape index (κ2) is 6.56. The predicted molar refractivity (Wildman–Crippen MR) is 62.2 cm³/mol. The minimum absolute atomic E-state index is 0.268. The summed E-state index contributed by atoms with van der Waals surface area (Å²) in [4.78, 5) is 0. The molecule has 0 radical (unpaired) electrons. The first-order chi connectivity index (χ1) is 7.47. The summed E-state index contributed by atoms with van der Waals surface area (Å²) in [7, 11) is 0. The average molecular weight is 232 g/mol. The molecule has 0 heterocycles. The van der Waals surface area contributed by atoms with E-state index in [1.165, 1.54) is 12.2 Å². The van der Waals surface area contributed by atoms with Crippen LogP contribution in [0, 0.1) is 5.41 Å². The van der Waals surface area contributed by atoms with Crippen LogP contribution in [-0.2, 0) is 0 Å². The lowest BCUT2D eigenvalue weighted by atomic mass is 9.87. The van der Waals surface area contributed by atoms with Crippen LogP contribution in [0.4, 0.5) is 13.2 Å². The first-order valence-corrected chi connectivity index (χ1v) is 5.54. The summed E-state index contributed by atoms with van der Waals surface area (Å²) in [5.41, 5.74) is -0.729. The van der Waals surface area contributed by atoms with Gasteiger partial charge in [0.25, 0.3) is 6.43 Å². The Morgan fingerprint density at radius 1 is 1.31 bits per heavy atom.